The fourth-order valence-corrected chi connectivity index (χ4v) is 4.93. The van der Waals surface area contributed by atoms with E-state index in [1.54, 1.807) is 12.1 Å². The quantitative estimate of drug-likeness (QED) is 0.589. The maximum absolute atomic E-state index is 13.6. The van der Waals surface area contributed by atoms with Crippen molar-refractivity contribution in [2.24, 2.45) is 10.9 Å². The predicted molar refractivity (Wildman–Crippen MR) is 130 cm³/mol. The van der Waals surface area contributed by atoms with Crippen LogP contribution < -0.4 is 4.74 Å². The van der Waals surface area contributed by atoms with E-state index in [1.807, 2.05) is 51.1 Å². The maximum Gasteiger partial charge on any atom is 0.315 e. The van der Waals surface area contributed by atoms with E-state index in [-0.39, 0.29) is 23.6 Å². The summed E-state index contributed by atoms with van der Waals surface area (Å²) >= 11 is 0. The van der Waals surface area contributed by atoms with Crippen LogP contribution >= 0.6 is 0 Å². The van der Waals surface area contributed by atoms with Gasteiger partial charge in [0.05, 0.1) is 13.2 Å². The molecule has 0 fully saturated rings. The lowest BCUT2D eigenvalue weighted by Gasteiger charge is -2.37. The number of phenolic OH excluding ortho intramolecular Hbond substituents is 1. The first kappa shape index (κ1) is 23.7. The van der Waals surface area contributed by atoms with Gasteiger partial charge in [-0.25, -0.2) is 0 Å². The van der Waals surface area contributed by atoms with Gasteiger partial charge in [-0.3, -0.25) is 14.6 Å². The number of phenols is 1. The number of ether oxygens (including phenoxy) is 2. The second-order valence-electron chi connectivity index (χ2n) is 9.09. The average molecular weight is 462 g/mol. The van der Waals surface area contributed by atoms with Gasteiger partial charge in [-0.05, 0) is 55.9 Å². The van der Waals surface area contributed by atoms with Crippen molar-refractivity contribution in [1.82, 2.24) is 0 Å². The molecule has 6 nitrogen and oxygen atoms in total. The number of Topliss-reactive ketones (excluding diaryl/α,β-unsaturated/α-hetero) is 1. The second kappa shape index (κ2) is 9.84. The summed E-state index contributed by atoms with van der Waals surface area (Å²) in [7, 11) is 1.47. The van der Waals surface area contributed by atoms with Crippen LogP contribution in [0.15, 0.2) is 64.8 Å². The monoisotopic (exact) mass is 461 g/mol. The molecule has 0 radical (unpaired) electrons. The van der Waals surface area contributed by atoms with Crippen LogP contribution in [0.3, 0.4) is 0 Å². The van der Waals surface area contributed by atoms with Crippen molar-refractivity contribution >= 4 is 17.5 Å². The van der Waals surface area contributed by atoms with E-state index in [0.717, 1.165) is 11.3 Å². The molecule has 0 bridgehead atoms. The molecule has 4 atom stereocenters. The minimum Gasteiger partial charge on any atom is -0.504 e. The van der Waals surface area contributed by atoms with E-state index in [1.165, 1.54) is 13.2 Å². The van der Waals surface area contributed by atoms with E-state index in [2.05, 4.69) is 0 Å². The van der Waals surface area contributed by atoms with E-state index in [4.69, 9.17) is 14.5 Å². The van der Waals surface area contributed by atoms with Crippen LogP contribution in [0, 0.1) is 5.92 Å². The standard InChI is InChI=1S/C28H31NO5/c1-5-16(2)34-28(32)25-17(3)29-21-13-20(18-9-7-6-8-10-18)14-23(31)27(21)26(25)19-11-12-22(30)24(15-19)33-4/h6-12,15-16,20,25-26,30H,5,13-14H2,1-4H3/t16-,20-,25?,26-/m1/s1. The number of carbonyl (C=O) groups excluding carboxylic acids is 2. The molecule has 1 heterocycles. The molecule has 1 N–H and O–H groups in total. The predicted octanol–water partition coefficient (Wildman–Crippen LogP) is 5.32. The molecule has 4 rings (SSSR count). The summed E-state index contributed by atoms with van der Waals surface area (Å²) in [6.45, 7) is 5.64. The van der Waals surface area contributed by atoms with Crippen LogP contribution in [-0.4, -0.2) is 35.8 Å². The highest BCUT2D eigenvalue weighted by Crippen LogP contribution is 2.48. The molecule has 2 aliphatic rings. The number of carbonyl (C=O) groups is 2. The van der Waals surface area contributed by atoms with E-state index in [9.17, 15) is 14.7 Å². The molecule has 0 saturated heterocycles. The van der Waals surface area contributed by atoms with Gasteiger partial charge in [-0.1, -0.05) is 43.3 Å². The van der Waals surface area contributed by atoms with Crippen molar-refractivity contribution in [2.75, 3.05) is 7.11 Å². The molecule has 1 aliphatic heterocycles. The molecule has 0 saturated carbocycles. The summed E-state index contributed by atoms with van der Waals surface area (Å²) < 4.78 is 11.0. The van der Waals surface area contributed by atoms with Crippen LogP contribution in [-0.2, 0) is 14.3 Å². The Morgan fingerprint density at radius 3 is 2.56 bits per heavy atom. The molecule has 0 amide bonds. The molecule has 34 heavy (non-hydrogen) atoms. The Morgan fingerprint density at radius 2 is 1.88 bits per heavy atom. The number of aromatic hydroxyl groups is 1. The molecular weight excluding hydrogens is 430 g/mol. The van der Waals surface area contributed by atoms with Crippen molar-refractivity contribution in [1.29, 1.82) is 0 Å². The summed E-state index contributed by atoms with van der Waals surface area (Å²) in [6.07, 6.45) is 1.44. The summed E-state index contributed by atoms with van der Waals surface area (Å²) in [6, 6.07) is 15.0. The summed E-state index contributed by atoms with van der Waals surface area (Å²) in [4.78, 5) is 31.7. The Hall–Kier alpha value is -3.41. The number of benzene rings is 2. The Kier molecular flexibility index (Phi) is 6.87. The van der Waals surface area contributed by atoms with Gasteiger partial charge in [0.1, 0.15) is 5.92 Å². The van der Waals surface area contributed by atoms with Gasteiger partial charge in [-0.2, -0.15) is 0 Å². The fourth-order valence-electron chi connectivity index (χ4n) is 4.93. The highest BCUT2D eigenvalue weighted by atomic mass is 16.5. The lowest BCUT2D eigenvalue weighted by Crippen LogP contribution is -2.39. The average Bonchev–Trinajstić information content (AvgIpc) is 2.83. The number of aliphatic imine (C=N–C) groups is 1. The van der Waals surface area contributed by atoms with Crippen LogP contribution in [0.1, 0.15) is 63.0 Å². The highest BCUT2D eigenvalue weighted by Gasteiger charge is 2.45. The van der Waals surface area contributed by atoms with E-state index in [0.29, 0.717) is 41.9 Å². The van der Waals surface area contributed by atoms with Gasteiger partial charge in [0.15, 0.2) is 17.3 Å². The Balaban J connectivity index is 1.81. The lowest BCUT2D eigenvalue weighted by atomic mass is 9.69. The second-order valence-corrected chi connectivity index (χ2v) is 9.09. The fraction of sp³-hybridized carbons (Fsp3) is 0.393. The Bertz CT molecular complexity index is 1150. The number of allylic oxidation sites excluding steroid dienone is 2. The first-order valence-electron chi connectivity index (χ1n) is 11.8. The van der Waals surface area contributed by atoms with Crippen LogP contribution in [0.25, 0.3) is 0 Å². The number of rotatable bonds is 6. The van der Waals surface area contributed by atoms with Crippen LogP contribution in [0.5, 0.6) is 11.5 Å². The first-order valence-corrected chi connectivity index (χ1v) is 11.8. The molecule has 2 aromatic carbocycles. The zero-order valence-electron chi connectivity index (χ0n) is 20.1. The number of hydrogen-bond donors (Lipinski definition) is 1. The zero-order valence-corrected chi connectivity index (χ0v) is 20.1. The zero-order chi connectivity index (χ0) is 24.4. The SMILES string of the molecule is CC[C@@H](C)OC(=O)C1C(C)=NC2=C(C(=O)C[C@H](c3ccccc3)C2)[C@@H]1c1ccc(O)c(OC)c1. The highest BCUT2D eigenvalue weighted by molar-refractivity contribution is 6.09. The van der Waals surface area contributed by atoms with Crippen molar-refractivity contribution in [3.8, 4) is 11.5 Å². The Labute approximate surface area is 200 Å². The van der Waals surface area contributed by atoms with Crippen molar-refractivity contribution in [2.45, 2.75) is 58.0 Å². The third kappa shape index (κ3) is 4.49. The summed E-state index contributed by atoms with van der Waals surface area (Å²) in [5.74, 6) is -1.34. The van der Waals surface area contributed by atoms with Crippen molar-refractivity contribution < 1.29 is 24.2 Å². The van der Waals surface area contributed by atoms with Crippen molar-refractivity contribution in [3.05, 3.63) is 70.9 Å². The molecule has 0 spiro atoms. The minimum absolute atomic E-state index is 0.000467. The molecule has 0 aromatic heterocycles. The van der Waals surface area contributed by atoms with Crippen LogP contribution in [0.2, 0.25) is 0 Å². The summed E-state index contributed by atoms with van der Waals surface area (Å²) in [5.41, 5.74) is 3.75. The molecule has 1 aliphatic carbocycles. The Morgan fingerprint density at radius 1 is 1.15 bits per heavy atom. The van der Waals surface area contributed by atoms with Crippen molar-refractivity contribution in [3.63, 3.8) is 0 Å². The van der Waals surface area contributed by atoms with E-state index < -0.39 is 17.8 Å². The van der Waals surface area contributed by atoms with Gasteiger partial charge < -0.3 is 14.6 Å². The molecular formula is C28H31NO5. The summed E-state index contributed by atoms with van der Waals surface area (Å²) in [5, 5.41) is 10.1. The smallest absolute Gasteiger partial charge is 0.315 e. The number of ketones is 1. The largest absolute Gasteiger partial charge is 0.504 e. The number of nitrogens with zero attached hydrogens (tertiary/aromatic N) is 1. The van der Waals surface area contributed by atoms with Crippen LogP contribution in [0.4, 0.5) is 0 Å². The molecule has 2 aromatic rings. The minimum atomic E-state index is -0.723. The lowest BCUT2D eigenvalue weighted by molar-refractivity contribution is -0.151. The number of hydrogen-bond acceptors (Lipinski definition) is 6. The topological polar surface area (TPSA) is 85.2 Å². The third-order valence-corrected chi connectivity index (χ3v) is 6.87. The molecule has 6 heteroatoms. The van der Waals surface area contributed by atoms with E-state index >= 15 is 0 Å². The van der Waals surface area contributed by atoms with Gasteiger partial charge in [0, 0.05) is 29.3 Å². The number of methoxy groups -OCH3 is 1. The molecule has 178 valence electrons. The van der Waals surface area contributed by atoms with Gasteiger partial charge in [0.2, 0.25) is 0 Å². The van der Waals surface area contributed by atoms with Gasteiger partial charge >= 0.3 is 5.97 Å². The molecule has 1 unspecified atom stereocenters. The maximum atomic E-state index is 13.6. The third-order valence-electron chi connectivity index (χ3n) is 6.87. The first-order chi connectivity index (χ1) is 16.3. The normalized spacial score (nSPS) is 23.1. The van der Waals surface area contributed by atoms with Gasteiger partial charge in [-0.15, -0.1) is 0 Å². The van der Waals surface area contributed by atoms with Gasteiger partial charge in [0.25, 0.3) is 0 Å². The number of esters is 1.